The molecule has 0 fully saturated rings. The van der Waals surface area contributed by atoms with Crippen LogP contribution in [0.2, 0.25) is 0 Å². The Balaban J connectivity index is 3.51. The summed E-state index contributed by atoms with van der Waals surface area (Å²) in [6.07, 6.45) is -10.6. The number of halogens is 9. The van der Waals surface area contributed by atoms with Crippen molar-refractivity contribution in [1.82, 2.24) is 0 Å². The largest absolute Gasteiger partial charge is 0.434 e. The first-order chi connectivity index (χ1) is 8.44. The summed E-state index contributed by atoms with van der Waals surface area (Å²) in [6.45, 7) is -3.44. The van der Waals surface area contributed by atoms with Crippen LogP contribution in [0.1, 0.15) is 11.1 Å². The standard InChI is InChI=1S/C9H3F8IO/c10-7(11)19-4-2-1-3(8(12,13)14)5(6(4)18)9(15,16)17/h1-2,7H. The molecule has 1 rings (SSSR count). The maximum absolute atomic E-state index is 12.6. The highest BCUT2D eigenvalue weighted by Gasteiger charge is 2.45. The van der Waals surface area contributed by atoms with Gasteiger partial charge in [0.15, 0.2) is 0 Å². The van der Waals surface area contributed by atoms with E-state index in [2.05, 4.69) is 4.74 Å². The minimum atomic E-state index is -5.34. The van der Waals surface area contributed by atoms with Crippen LogP contribution in [0.3, 0.4) is 0 Å². The molecule has 0 heterocycles. The lowest BCUT2D eigenvalue weighted by atomic mass is 10.1. The van der Waals surface area contributed by atoms with Gasteiger partial charge in [-0.2, -0.15) is 35.1 Å². The smallest absolute Gasteiger partial charge is 0.418 e. The zero-order valence-electron chi connectivity index (χ0n) is 8.54. The Bertz CT molecular complexity index is 465. The first-order valence-electron chi connectivity index (χ1n) is 4.36. The molecule has 0 saturated carbocycles. The van der Waals surface area contributed by atoms with Gasteiger partial charge in [-0.1, -0.05) is 0 Å². The van der Waals surface area contributed by atoms with E-state index in [4.69, 9.17) is 0 Å². The quantitative estimate of drug-likeness (QED) is 0.500. The Morgan fingerprint density at radius 2 is 1.47 bits per heavy atom. The molecule has 1 aromatic carbocycles. The third kappa shape index (κ3) is 3.83. The molecule has 0 saturated heterocycles. The molecule has 0 aromatic heterocycles. The second kappa shape index (κ2) is 5.29. The third-order valence-corrected chi connectivity index (χ3v) is 2.98. The summed E-state index contributed by atoms with van der Waals surface area (Å²) in [5.41, 5.74) is -4.00. The van der Waals surface area contributed by atoms with E-state index in [1.54, 1.807) is 0 Å². The van der Waals surface area contributed by atoms with Gasteiger partial charge in [-0.15, -0.1) is 0 Å². The summed E-state index contributed by atoms with van der Waals surface area (Å²) in [6, 6.07) is 0.481. The van der Waals surface area contributed by atoms with Crippen molar-refractivity contribution in [2.75, 3.05) is 0 Å². The second-order valence-corrected chi connectivity index (χ2v) is 4.25. The summed E-state index contributed by atoms with van der Waals surface area (Å²) in [7, 11) is 0. The van der Waals surface area contributed by atoms with Gasteiger partial charge in [0.25, 0.3) is 0 Å². The molecular weight excluding hydrogens is 403 g/mol. The number of rotatable bonds is 2. The minimum Gasteiger partial charge on any atom is -0.434 e. The van der Waals surface area contributed by atoms with Crippen molar-refractivity contribution in [3.63, 3.8) is 0 Å². The molecule has 0 unspecified atom stereocenters. The average Bonchev–Trinajstić information content (AvgIpc) is 2.16. The fourth-order valence-corrected chi connectivity index (χ4v) is 2.16. The predicted molar refractivity (Wildman–Crippen MR) is 55.8 cm³/mol. The highest BCUT2D eigenvalue weighted by molar-refractivity contribution is 14.1. The molecule has 0 atom stereocenters. The first kappa shape index (κ1) is 16.2. The van der Waals surface area contributed by atoms with E-state index >= 15 is 0 Å². The molecule has 0 aliphatic rings. The van der Waals surface area contributed by atoms with Crippen molar-refractivity contribution in [3.8, 4) is 5.75 Å². The predicted octanol–water partition coefficient (Wildman–Crippen LogP) is 4.93. The summed E-state index contributed by atoms with van der Waals surface area (Å²) < 4.78 is 102. The van der Waals surface area contributed by atoms with Crippen LogP contribution in [0.5, 0.6) is 5.75 Å². The molecular formula is C9H3F8IO. The van der Waals surface area contributed by atoms with Gasteiger partial charge in [0.2, 0.25) is 0 Å². The van der Waals surface area contributed by atoms with Gasteiger partial charge >= 0.3 is 19.0 Å². The van der Waals surface area contributed by atoms with Crippen molar-refractivity contribution in [3.05, 3.63) is 26.8 Å². The van der Waals surface area contributed by atoms with Crippen molar-refractivity contribution >= 4 is 22.6 Å². The van der Waals surface area contributed by atoms with Crippen molar-refractivity contribution in [2.45, 2.75) is 19.0 Å². The fraction of sp³-hybridized carbons (Fsp3) is 0.333. The van der Waals surface area contributed by atoms with E-state index in [1.165, 1.54) is 0 Å². The molecule has 0 bridgehead atoms. The zero-order chi connectivity index (χ0) is 15.0. The molecule has 1 aromatic rings. The van der Waals surface area contributed by atoms with Crippen LogP contribution in [0, 0.1) is 3.57 Å². The van der Waals surface area contributed by atoms with Crippen LogP contribution in [0.25, 0.3) is 0 Å². The van der Waals surface area contributed by atoms with Crippen LogP contribution in [0.4, 0.5) is 35.1 Å². The molecule has 10 heteroatoms. The van der Waals surface area contributed by atoms with Gasteiger partial charge in [0, 0.05) is 0 Å². The van der Waals surface area contributed by atoms with Gasteiger partial charge < -0.3 is 4.74 Å². The Morgan fingerprint density at radius 1 is 0.947 bits per heavy atom. The number of hydrogen-bond donors (Lipinski definition) is 0. The number of ether oxygens (including phenoxy) is 1. The molecule has 1 nitrogen and oxygen atoms in total. The van der Waals surface area contributed by atoms with Crippen LogP contribution in [-0.2, 0) is 12.4 Å². The SMILES string of the molecule is FC(F)Oc1ccc(C(F)(F)F)c(C(F)(F)F)c1I. The van der Waals surface area contributed by atoms with Gasteiger partial charge in [0.05, 0.1) is 14.7 Å². The Kier molecular flexibility index (Phi) is 4.52. The molecule has 0 aliphatic carbocycles. The molecule has 0 spiro atoms. The second-order valence-electron chi connectivity index (χ2n) is 3.17. The molecule has 0 aliphatic heterocycles. The summed E-state index contributed by atoms with van der Waals surface area (Å²) >= 11 is 0.887. The highest BCUT2D eigenvalue weighted by atomic mass is 127. The van der Waals surface area contributed by atoms with Gasteiger partial charge in [0.1, 0.15) is 5.75 Å². The Hall–Kier alpha value is -0.810. The molecule has 0 N–H and O–H groups in total. The lowest BCUT2D eigenvalue weighted by molar-refractivity contribution is -0.162. The van der Waals surface area contributed by atoms with Gasteiger partial charge in [-0.3, -0.25) is 0 Å². The first-order valence-corrected chi connectivity index (χ1v) is 5.44. The van der Waals surface area contributed by atoms with E-state index in [9.17, 15) is 35.1 Å². The molecule has 19 heavy (non-hydrogen) atoms. The van der Waals surface area contributed by atoms with Crippen LogP contribution in [-0.4, -0.2) is 6.61 Å². The lowest BCUT2D eigenvalue weighted by Gasteiger charge is -2.19. The molecule has 0 amide bonds. The molecule has 108 valence electrons. The van der Waals surface area contributed by atoms with E-state index in [-0.39, 0.29) is 6.07 Å². The van der Waals surface area contributed by atoms with E-state index in [1.807, 2.05) is 0 Å². The Labute approximate surface area is 114 Å². The number of benzene rings is 1. The van der Waals surface area contributed by atoms with Crippen LogP contribution < -0.4 is 4.74 Å². The topological polar surface area (TPSA) is 9.23 Å². The Morgan fingerprint density at radius 3 is 1.84 bits per heavy atom. The number of hydrogen-bond acceptors (Lipinski definition) is 1. The summed E-state index contributed by atoms with van der Waals surface area (Å²) in [5, 5.41) is 0. The molecule has 0 radical (unpaired) electrons. The minimum absolute atomic E-state index is 0.0582. The van der Waals surface area contributed by atoms with Gasteiger partial charge in [-0.25, -0.2) is 0 Å². The highest BCUT2D eigenvalue weighted by Crippen LogP contribution is 2.45. The van der Waals surface area contributed by atoms with E-state index in [0.29, 0.717) is 6.07 Å². The van der Waals surface area contributed by atoms with Crippen molar-refractivity contribution in [1.29, 1.82) is 0 Å². The van der Waals surface area contributed by atoms with Gasteiger partial charge in [-0.05, 0) is 34.7 Å². The number of alkyl halides is 8. The normalized spacial score (nSPS) is 12.9. The van der Waals surface area contributed by atoms with E-state index in [0.717, 1.165) is 22.6 Å². The average molecular weight is 406 g/mol. The summed E-state index contributed by atoms with van der Waals surface area (Å²) in [4.78, 5) is 0. The fourth-order valence-electron chi connectivity index (χ4n) is 1.26. The van der Waals surface area contributed by atoms with Crippen LogP contribution in [0.15, 0.2) is 12.1 Å². The van der Waals surface area contributed by atoms with Crippen molar-refractivity contribution in [2.24, 2.45) is 0 Å². The maximum atomic E-state index is 12.6. The maximum Gasteiger partial charge on any atom is 0.418 e. The monoisotopic (exact) mass is 406 g/mol. The lowest BCUT2D eigenvalue weighted by Crippen LogP contribution is -2.19. The van der Waals surface area contributed by atoms with E-state index < -0.39 is 39.4 Å². The van der Waals surface area contributed by atoms with Crippen LogP contribution >= 0.6 is 22.6 Å². The zero-order valence-corrected chi connectivity index (χ0v) is 10.7. The summed E-state index contributed by atoms with van der Waals surface area (Å²) in [5.74, 6) is -0.962. The van der Waals surface area contributed by atoms with Crippen molar-refractivity contribution < 1.29 is 39.9 Å². The third-order valence-electron chi connectivity index (χ3n) is 1.91.